The van der Waals surface area contributed by atoms with Gasteiger partial charge in [-0.2, -0.15) is 4.31 Å². The van der Waals surface area contributed by atoms with Crippen LogP contribution in [-0.4, -0.2) is 91.9 Å². The molecule has 42 heavy (non-hydrogen) atoms. The van der Waals surface area contributed by atoms with Gasteiger partial charge in [-0.3, -0.25) is 0 Å². The van der Waals surface area contributed by atoms with Crippen LogP contribution in [0, 0.1) is 23.7 Å². The molecule has 3 fully saturated rings. The van der Waals surface area contributed by atoms with E-state index in [9.17, 15) is 28.4 Å². The highest BCUT2D eigenvalue weighted by Crippen LogP contribution is 2.49. The molecule has 13 heteroatoms. The fourth-order valence-corrected chi connectivity index (χ4v) is 7.91. The maximum atomic E-state index is 13.7. The van der Waals surface area contributed by atoms with Crippen LogP contribution in [0.4, 0.5) is 4.79 Å². The summed E-state index contributed by atoms with van der Waals surface area (Å²) in [7, 11) is -5.79. The zero-order chi connectivity index (χ0) is 30.0. The maximum absolute atomic E-state index is 13.7. The van der Waals surface area contributed by atoms with E-state index in [1.165, 1.54) is 28.6 Å². The van der Waals surface area contributed by atoms with Crippen LogP contribution in [0.1, 0.15) is 25.8 Å². The molecule has 0 spiro atoms. The topological polar surface area (TPSA) is 155 Å². The summed E-state index contributed by atoms with van der Waals surface area (Å²) in [6.07, 6.45) is -1.40. The van der Waals surface area contributed by atoms with Gasteiger partial charge in [0.25, 0.3) is 0 Å². The van der Waals surface area contributed by atoms with Crippen LogP contribution in [0.2, 0.25) is 0 Å². The normalized spacial score (nSPS) is 26.3. The first-order chi connectivity index (χ1) is 20.0. The molecule has 2 heterocycles. The van der Waals surface area contributed by atoms with Crippen molar-refractivity contribution in [1.29, 1.82) is 0 Å². The Labute approximate surface area is 247 Å². The van der Waals surface area contributed by atoms with Crippen LogP contribution in [-0.2, 0) is 30.7 Å². The second-order valence-electron chi connectivity index (χ2n) is 11.9. The second kappa shape index (κ2) is 13.0. The van der Waals surface area contributed by atoms with Crippen molar-refractivity contribution in [3.63, 3.8) is 0 Å². The molecule has 5 rings (SSSR count). The highest BCUT2D eigenvalue weighted by Gasteiger charge is 2.56. The zero-order valence-corrected chi connectivity index (χ0v) is 24.6. The Morgan fingerprint density at radius 1 is 1.05 bits per heavy atom. The lowest BCUT2D eigenvalue weighted by Gasteiger charge is -2.31. The Morgan fingerprint density at radius 2 is 1.74 bits per heavy atom. The smallest absolute Gasteiger partial charge is 0.445 e. The number of amides is 1. The highest BCUT2D eigenvalue weighted by atomic mass is 32.2. The van der Waals surface area contributed by atoms with Gasteiger partial charge < -0.3 is 34.7 Å². The van der Waals surface area contributed by atoms with Gasteiger partial charge >= 0.3 is 13.2 Å². The van der Waals surface area contributed by atoms with Gasteiger partial charge in [-0.1, -0.05) is 56.3 Å². The number of rotatable bonds is 12. The minimum absolute atomic E-state index is 0.0432. The summed E-state index contributed by atoms with van der Waals surface area (Å²) in [5.74, 6) is 0.304. The lowest BCUT2D eigenvalue weighted by Crippen LogP contribution is -2.52. The monoisotopic (exact) mass is 602 g/mol. The first-order valence-corrected chi connectivity index (χ1v) is 15.9. The Kier molecular flexibility index (Phi) is 9.58. The molecule has 2 aliphatic heterocycles. The second-order valence-corrected chi connectivity index (χ2v) is 13.8. The SMILES string of the molecule is CC(C)CN(C[C@@H](O)[C@H](Cc1ccccc1)NC(=O)OC1C2COC3OCC1C3C2)S(=O)(=O)c1ccc(B(O)O)cc1. The van der Waals surface area contributed by atoms with Crippen molar-refractivity contribution in [3.8, 4) is 0 Å². The van der Waals surface area contributed by atoms with E-state index in [0.29, 0.717) is 13.2 Å². The quantitative estimate of drug-likeness (QED) is 0.257. The van der Waals surface area contributed by atoms with Gasteiger partial charge in [0.05, 0.1) is 30.3 Å². The molecule has 7 atom stereocenters. The Balaban J connectivity index is 1.33. The lowest BCUT2D eigenvalue weighted by molar-refractivity contribution is -0.169. The van der Waals surface area contributed by atoms with E-state index in [0.717, 1.165) is 12.0 Å². The van der Waals surface area contributed by atoms with Crippen LogP contribution in [0.5, 0.6) is 0 Å². The molecule has 1 aliphatic carbocycles. The highest BCUT2D eigenvalue weighted by molar-refractivity contribution is 7.89. The molecule has 11 nitrogen and oxygen atoms in total. The average Bonchev–Trinajstić information content (AvgIpc) is 3.49. The number of sulfonamides is 1. The number of alkyl carbamates (subject to hydrolysis) is 1. The number of benzene rings is 2. The Morgan fingerprint density at radius 3 is 2.40 bits per heavy atom. The molecule has 4 N–H and O–H groups in total. The number of hydrogen-bond acceptors (Lipinski definition) is 9. The first kappa shape index (κ1) is 30.9. The summed E-state index contributed by atoms with van der Waals surface area (Å²) < 4.78 is 45.9. The van der Waals surface area contributed by atoms with Gasteiger partial charge in [0.2, 0.25) is 10.0 Å². The van der Waals surface area contributed by atoms with Crippen molar-refractivity contribution in [2.45, 2.75) is 56.1 Å². The van der Waals surface area contributed by atoms with Crippen molar-refractivity contribution in [3.05, 3.63) is 60.2 Å². The third kappa shape index (κ3) is 6.83. The number of carbonyl (C=O) groups excluding carboxylic acids is 1. The van der Waals surface area contributed by atoms with E-state index in [1.807, 2.05) is 44.2 Å². The van der Waals surface area contributed by atoms with Crippen LogP contribution >= 0.6 is 0 Å². The lowest BCUT2D eigenvalue weighted by atomic mass is 9.81. The van der Waals surface area contributed by atoms with E-state index < -0.39 is 35.4 Å². The largest absolute Gasteiger partial charge is 0.488 e. The van der Waals surface area contributed by atoms with E-state index >= 15 is 0 Å². The minimum atomic E-state index is -4.06. The number of nitrogens with zero attached hydrogens (tertiary/aromatic N) is 1. The molecule has 3 aliphatic rings. The van der Waals surface area contributed by atoms with Gasteiger partial charge in [-0.15, -0.1) is 0 Å². The summed E-state index contributed by atoms with van der Waals surface area (Å²) in [4.78, 5) is 13.2. The van der Waals surface area contributed by atoms with Crippen molar-refractivity contribution in [1.82, 2.24) is 9.62 Å². The average molecular weight is 603 g/mol. The molecule has 2 aromatic carbocycles. The first-order valence-electron chi connectivity index (χ1n) is 14.4. The number of aliphatic hydroxyl groups excluding tert-OH is 1. The number of carbonyl (C=O) groups is 1. The molecular formula is C29H39BN2O9S. The Hall–Kier alpha value is -2.52. The third-order valence-corrected chi connectivity index (χ3v) is 10.2. The summed E-state index contributed by atoms with van der Waals surface area (Å²) in [5, 5.41) is 33.1. The van der Waals surface area contributed by atoms with E-state index in [4.69, 9.17) is 14.2 Å². The minimum Gasteiger partial charge on any atom is -0.445 e. The van der Waals surface area contributed by atoms with Crippen molar-refractivity contribution >= 4 is 28.7 Å². The molecule has 5 unspecified atom stereocenters. The van der Waals surface area contributed by atoms with Crippen LogP contribution < -0.4 is 10.8 Å². The van der Waals surface area contributed by atoms with Crippen LogP contribution in [0.25, 0.3) is 0 Å². The fourth-order valence-electron chi connectivity index (χ4n) is 6.28. The van der Waals surface area contributed by atoms with Gasteiger partial charge in [0.15, 0.2) is 6.29 Å². The maximum Gasteiger partial charge on any atom is 0.488 e. The predicted molar refractivity (Wildman–Crippen MR) is 154 cm³/mol. The molecule has 1 amide bonds. The van der Waals surface area contributed by atoms with Gasteiger partial charge in [0, 0.05) is 30.8 Å². The molecule has 0 radical (unpaired) electrons. The number of ether oxygens (including phenoxy) is 3. The van der Waals surface area contributed by atoms with Gasteiger partial charge in [0.1, 0.15) is 6.10 Å². The Bertz CT molecular complexity index is 1310. The van der Waals surface area contributed by atoms with E-state index in [1.54, 1.807) is 0 Å². The number of nitrogens with one attached hydrogen (secondary N) is 1. The molecule has 2 aromatic rings. The molecular weight excluding hydrogens is 563 g/mol. The van der Waals surface area contributed by atoms with Crippen molar-refractivity contribution in [2.75, 3.05) is 26.3 Å². The number of fused-ring (bicyclic) bond motifs is 1. The summed E-state index contributed by atoms with van der Waals surface area (Å²) in [6.45, 7) is 4.53. The predicted octanol–water partition coefficient (Wildman–Crippen LogP) is 0.719. The summed E-state index contributed by atoms with van der Waals surface area (Å²) in [5.41, 5.74) is 1.02. The fraction of sp³-hybridized carbons (Fsp3) is 0.552. The van der Waals surface area contributed by atoms with Crippen molar-refractivity contribution < 1.29 is 42.6 Å². The molecule has 1 saturated carbocycles. The molecule has 228 valence electrons. The van der Waals surface area contributed by atoms with E-state index in [-0.39, 0.29) is 65.9 Å². The zero-order valence-electron chi connectivity index (χ0n) is 23.8. The van der Waals surface area contributed by atoms with Gasteiger partial charge in [-0.25, -0.2) is 13.2 Å². The van der Waals surface area contributed by atoms with E-state index in [2.05, 4.69) is 5.32 Å². The molecule has 2 bridgehead atoms. The molecule has 0 aromatic heterocycles. The van der Waals surface area contributed by atoms with Gasteiger partial charge in [-0.05, 0) is 41.9 Å². The van der Waals surface area contributed by atoms with Crippen LogP contribution in [0.3, 0.4) is 0 Å². The summed E-state index contributed by atoms with van der Waals surface area (Å²) in [6, 6.07) is 13.8. The van der Waals surface area contributed by atoms with Crippen molar-refractivity contribution in [2.24, 2.45) is 23.7 Å². The standard InChI is InChI=1S/C29H39BN2O9S/c1-18(2)14-32(42(37,38)22-10-8-21(9-11-22)30(35)36)15-26(33)25(12-19-6-4-3-5-7-19)31-29(34)41-27-20-13-23-24(27)17-40-28(23)39-16-20/h3-11,18,20,23-28,33,35-36H,12-17H2,1-2H3,(H,31,34)/t20?,23?,24?,25-,26+,27?,28?/m0/s1. The van der Waals surface area contributed by atoms with Crippen LogP contribution in [0.15, 0.2) is 59.5 Å². The number of aliphatic hydroxyl groups is 1. The number of hydrogen-bond donors (Lipinski definition) is 4. The molecule has 2 saturated heterocycles. The third-order valence-electron chi connectivity index (χ3n) is 8.37. The summed E-state index contributed by atoms with van der Waals surface area (Å²) >= 11 is 0.